The Morgan fingerprint density at radius 1 is 1.10 bits per heavy atom. The third kappa shape index (κ3) is 3.72. The lowest BCUT2D eigenvalue weighted by Crippen LogP contribution is -2.51. The number of carbonyl (C=O) groups is 1. The van der Waals surface area contributed by atoms with Gasteiger partial charge in [-0.3, -0.25) is 9.69 Å². The van der Waals surface area contributed by atoms with Crippen molar-refractivity contribution in [1.82, 2.24) is 9.80 Å². The van der Waals surface area contributed by atoms with Crippen LogP contribution in [-0.4, -0.2) is 54.1 Å². The van der Waals surface area contributed by atoms with E-state index < -0.39 is 11.6 Å². The van der Waals surface area contributed by atoms with Crippen LogP contribution in [0.2, 0.25) is 0 Å². The number of ether oxygens (including phenoxy) is 2. The third-order valence-corrected chi connectivity index (χ3v) is 5.97. The number of carbonyl (C=O) groups excluding carboxylic acids is 1. The van der Waals surface area contributed by atoms with Gasteiger partial charge in [-0.2, -0.15) is 0 Å². The van der Waals surface area contributed by atoms with Crippen molar-refractivity contribution in [2.75, 3.05) is 26.2 Å². The summed E-state index contributed by atoms with van der Waals surface area (Å²) in [5.41, 5.74) is 0.453. The standard InChI is InChI=1S/C22H22F2N2O3.ClH/c23-18-8-7-16-17(21(18)24)12-26(22(16)27)14-4-3-9-25(10-14)11-15-13-28-19-5-1-2-6-20(19)29-15;/h1-2,5-8,14-15H,3-4,9-13H2;1H/t14-,15-;/m0./s1. The molecule has 0 N–H and O–H groups in total. The van der Waals surface area contributed by atoms with Crippen molar-refractivity contribution < 1.29 is 23.0 Å². The molecule has 0 aromatic heterocycles. The maximum atomic E-state index is 14.1. The van der Waals surface area contributed by atoms with Gasteiger partial charge in [-0.25, -0.2) is 8.78 Å². The van der Waals surface area contributed by atoms with Crippen LogP contribution in [0, 0.1) is 11.6 Å². The van der Waals surface area contributed by atoms with E-state index >= 15 is 0 Å². The first-order valence-corrected chi connectivity index (χ1v) is 9.99. The second-order valence-corrected chi connectivity index (χ2v) is 7.87. The fourth-order valence-electron chi connectivity index (χ4n) is 4.53. The second kappa shape index (κ2) is 8.40. The second-order valence-electron chi connectivity index (χ2n) is 7.87. The molecule has 0 radical (unpaired) electrons. The number of hydrogen-bond acceptors (Lipinski definition) is 4. The minimum Gasteiger partial charge on any atom is -0.486 e. The maximum Gasteiger partial charge on any atom is 0.254 e. The maximum absolute atomic E-state index is 14.1. The first-order chi connectivity index (χ1) is 14.1. The summed E-state index contributed by atoms with van der Waals surface area (Å²) < 4.78 is 39.5. The Hall–Kier alpha value is -2.38. The highest BCUT2D eigenvalue weighted by atomic mass is 35.5. The van der Waals surface area contributed by atoms with Gasteiger partial charge in [0, 0.05) is 30.3 Å². The van der Waals surface area contributed by atoms with Gasteiger partial charge in [0.25, 0.3) is 5.91 Å². The molecule has 0 saturated carbocycles. The smallest absolute Gasteiger partial charge is 0.254 e. The first-order valence-electron chi connectivity index (χ1n) is 9.99. The summed E-state index contributed by atoms with van der Waals surface area (Å²) in [5, 5.41) is 0. The van der Waals surface area contributed by atoms with Crippen molar-refractivity contribution in [2.24, 2.45) is 0 Å². The zero-order valence-electron chi connectivity index (χ0n) is 16.4. The van der Waals surface area contributed by atoms with Crippen LogP contribution in [0.3, 0.4) is 0 Å². The molecular weight excluding hydrogens is 414 g/mol. The summed E-state index contributed by atoms with van der Waals surface area (Å²) in [6.07, 6.45) is 1.71. The number of para-hydroxylation sites is 2. The van der Waals surface area contributed by atoms with Crippen molar-refractivity contribution in [3.05, 3.63) is 59.2 Å². The van der Waals surface area contributed by atoms with E-state index in [9.17, 15) is 13.6 Å². The number of amides is 1. The van der Waals surface area contributed by atoms with E-state index in [0.717, 1.165) is 37.0 Å². The lowest BCUT2D eigenvalue weighted by Gasteiger charge is -2.39. The molecular formula is C22H23ClF2N2O3. The molecule has 1 amide bonds. The van der Waals surface area contributed by atoms with Crippen LogP contribution in [0.15, 0.2) is 36.4 Å². The summed E-state index contributed by atoms with van der Waals surface area (Å²) in [4.78, 5) is 16.7. The van der Waals surface area contributed by atoms with Gasteiger partial charge < -0.3 is 14.4 Å². The van der Waals surface area contributed by atoms with Crippen molar-refractivity contribution in [3.8, 4) is 11.5 Å². The highest BCUT2D eigenvalue weighted by Gasteiger charge is 2.37. The molecule has 3 aliphatic heterocycles. The van der Waals surface area contributed by atoms with Gasteiger partial charge in [-0.1, -0.05) is 12.1 Å². The summed E-state index contributed by atoms with van der Waals surface area (Å²) in [7, 11) is 0. The summed E-state index contributed by atoms with van der Waals surface area (Å²) >= 11 is 0. The molecule has 0 unspecified atom stereocenters. The van der Waals surface area contributed by atoms with Crippen molar-refractivity contribution in [3.63, 3.8) is 0 Å². The van der Waals surface area contributed by atoms with Crippen LogP contribution < -0.4 is 9.47 Å². The average Bonchev–Trinajstić information content (AvgIpc) is 3.08. The normalized spacial score (nSPS) is 23.1. The van der Waals surface area contributed by atoms with Crippen LogP contribution in [-0.2, 0) is 6.54 Å². The van der Waals surface area contributed by atoms with E-state index in [2.05, 4.69) is 4.90 Å². The number of halogens is 3. The molecule has 3 aliphatic rings. The SMILES string of the molecule is Cl.O=C1c2ccc(F)c(F)c2CN1[C@H]1CCCN(C[C@H]2COc3ccccc3O2)C1. The largest absolute Gasteiger partial charge is 0.486 e. The molecule has 8 heteroatoms. The number of fused-ring (bicyclic) bond motifs is 2. The summed E-state index contributed by atoms with van der Waals surface area (Å²) in [6.45, 7) is 2.91. The number of hydrogen-bond donors (Lipinski definition) is 0. The van der Waals surface area contributed by atoms with Gasteiger partial charge in [0.05, 0.1) is 6.54 Å². The molecule has 3 heterocycles. The number of piperidine rings is 1. The van der Waals surface area contributed by atoms with Crippen LogP contribution in [0.4, 0.5) is 8.78 Å². The predicted molar refractivity (Wildman–Crippen MR) is 109 cm³/mol. The zero-order chi connectivity index (χ0) is 20.0. The average molecular weight is 437 g/mol. The van der Waals surface area contributed by atoms with Crippen LogP contribution >= 0.6 is 12.4 Å². The molecule has 5 rings (SSSR count). The molecule has 2 atom stereocenters. The van der Waals surface area contributed by atoms with E-state index in [0.29, 0.717) is 19.7 Å². The zero-order valence-corrected chi connectivity index (χ0v) is 17.2. The molecule has 5 nitrogen and oxygen atoms in total. The predicted octanol–water partition coefficient (Wildman–Crippen LogP) is 3.65. The Balaban J connectivity index is 0.00000218. The Morgan fingerprint density at radius 3 is 2.73 bits per heavy atom. The highest BCUT2D eigenvalue weighted by molar-refractivity contribution is 5.98. The van der Waals surface area contributed by atoms with Gasteiger partial charge in [-0.05, 0) is 43.7 Å². The molecule has 2 aromatic carbocycles. The molecule has 0 aliphatic carbocycles. The summed E-state index contributed by atoms with van der Waals surface area (Å²) in [5.74, 6) is -0.511. The number of rotatable bonds is 3. The van der Waals surface area contributed by atoms with E-state index in [-0.39, 0.29) is 48.1 Å². The minimum atomic E-state index is -0.905. The molecule has 2 aromatic rings. The minimum absolute atomic E-state index is 0. The molecule has 1 saturated heterocycles. The van der Waals surface area contributed by atoms with Crippen LogP contribution in [0.5, 0.6) is 11.5 Å². The molecule has 30 heavy (non-hydrogen) atoms. The van der Waals surface area contributed by atoms with Gasteiger partial charge in [0.2, 0.25) is 0 Å². The molecule has 160 valence electrons. The van der Waals surface area contributed by atoms with Gasteiger partial charge in [-0.15, -0.1) is 12.4 Å². The third-order valence-electron chi connectivity index (χ3n) is 5.97. The number of benzene rings is 2. The van der Waals surface area contributed by atoms with E-state index in [1.54, 1.807) is 4.90 Å². The number of nitrogens with zero attached hydrogens (tertiary/aromatic N) is 2. The van der Waals surface area contributed by atoms with Crippen molar-refractivity contribution >= 4 is 18.3 Å². The lowest BCUT2D eigenvalue weighted by molar-refractivity contribution is 0.0306. The van der Waals surface area contributed by atoms with Gasteiger partial charge in [0.15, 0.2) is 23.1 Å². The lowest BCUT2D eigenvalue weighted by atomic mass is 10.0. The number of likely N-dealkylation sites (tertiary alicyclic amines) is 1. The first kappa shape index (κ1) is 20.9. The van der Waals surface area contributed by atoms with Crippen LogP contribution in [0.25, 0.3) is 0 Å². The van der Waals surface area contributed by atoms with E-state index in [1.807, 2.05) is 24.3 Å². The molecule has 0 bridgehead atoms. The monoisotopic (exact) mass is 436 g/mol. The molecule has 0 spiro atoms. The molecule has 1 fully saturated rings. The van der Waals surface area contributed by atoms with Crippen molar-refractivity contribution in [1.29, 1.82) is 0 Å². The van der Waals surface area contributed by atoms with E-state index in [1.165, 1.54) is 6.07 Å². The van der Waals surface area contributed by atoms with Crippen LogP contribution in [0.1, 0.15) is 28.8 Å². The Labute approximate surface area is 180 Å². The topological polar surface area (TPSA) is 42.0 Å². The quantitative estimate of drug-likeness (QED) is 0.736. The Kier molecular flexibility index (Phi) is 5.84. The van der Waals surface area contributed by atoms with Crippen molar-refractivity contribution in [2.45, 2.75) is 31.5 Å². The highest BCUT2D eigenvalue weighted by Crippen LogP contribution is 2.33. The fourth-order valence-corrected chi connectivity index (χ4v) is 4.53. The van der Waals surface area contributed by atoms with Gasteiger partial charge in [0.1, 0.15) is 12.7 Å². The van der Waals surface area contributed by atoms with E-state index in [4.69, 9.17) is 9.47 Å². The fraction of sp³-hybridized carbons (Fsp3) is 0.409. The summed E-state index contributed by atoms with van der Waals surface area (Å²) in [6, 6.07) is 10.0. The Bertz CT molecular complexity index is 958. The van der Waals surface area contributed by atoms with Gasteiger partial charge >= 0.3 is 0 Å². The Morgan fingerprint density at radius 2 is 1.90 bits per heavy atom.